The maximum Gasteiger partial charge on any atom is 0.243 e. The van der Waals surface area contributed by atoms with E-state index in [1.807, 2.05) is 30.3 Å². The molecule has 100 valence electrons. The van der Waals surface area contributed by atoms with Crippen LogP contribution in [-0.4, -0.2) is 17.1 Å². The van der Waals surface area contributed by atoms with Crippen LogP contribution < -0.4 is 5.43 Å². The van der Waals surface area contributed by atoms with Crippen LogP contribution in [0.1, 0.15) is 23.5 Å². The van der Waals surface area contributed by atoms with E-state index >= 15 is 0 Å². The summed E-state index contributed by atoms with van der Waals surface area (Å²) in [5.41, 5.74) is 4.69. The van der Waals surface area contributed by atoms with Crippen molar-refractivity contribution in [2.75, 3.05) is 0 Å². The highest BCUT2D eigenvalue weighted by atomic mass is 16.2. The molecule has 4 heteroatoms. The van der Waals surface area contributed by atoms with Crippen molar-refractivity contribution in [2.45, 2.75) is 12.3 Å². The summed E-state index contributed by atoms with van der Waals surface area (Å²) in [4.78, 5) is 15.9. The number of nitrogens with zero attached hydrogens (tertiary/aromatic N) is 2. The molecule has 20 heavy (non-hydrogen) atoms. The molecule has 1 aromatic carbocycles. The van der Waals surface area contributed by atoms with Crippen molar-refractivity contribution in [1.29, 1.82) is 0 Å². The Morgan fingerprint density at radius 2 is 2.10 bits per heavy atom. The third-order valence-corrected chi connectivity index (χ3v) is 3.43. The quantitative estimate of drug-likeness (QED) is 0.681. The van der Waals surface area contributed by atoms with Crippen LogP contribution in [0, 0.1) is 5.92 Å². The molecule has 1 aliphatic carbocycles. The van der Waals surface area contributed by atoms with E-state index in [-0.39, 0.29) is 11.8 Å². The molecule has 1 N–H and O–H groups in total. The van der Waals surface area contributed by atoms with Gasteiger partial charge in [-0.15, -0.1) is 0 Å². The second-order valence-corrected chi connectivity index (χ2v) is 4.88. The minimum Gasteiger partial charge on any atom is -0.273 e. The molecule has 0 unspecified atom stereocenters. The first kappa shape index (κ1) is 12.5. The average Bonchev–Trinajstić information content (AvgIpc) is 3.30. The number of hydrazone groups is 1. The number of aromatic nitrogens is 1. The predicted octanol–water partition coefficient (Wildman–Crippen LogP) is 2.34. The van der Waals surface area contributed by atoms with Crippen molar-refractivity contribution < 1.29 is 4.79 Å². The summed E-state index contributed by atoms with van der Waals surface area (Å²) >= 11 is 0. The third-order valence-electron chi connectivity index (χ3n) is 3.43. The lowest BCUT2D eigenvalue weighted by molar-refractivity contribution is -0.122. The van der Waals surface area contributed by atoms with Crippen molar-refractivity contribution in [2.24, 2.45) is 11.0 Å². The van der Waals surface area contributed by atoms with Gasteiger partial charge in [0.25, 0.3) is 0 Å². The largest absolute Gasteiger partial charge is 0.273 e. The van der Waals surface area contributed by atoms with Crippen molar-refractivity contribution >= 4 is 12.1 Å². The molecule has 0 radical (unpaired) electrons. The molecule has 0 saturated heterocycles. The highest BCUT2D eigenvalue weighted by molar-refractivity contribution is 5.85. The Bertz CT molecular complexity index is 610. The van der Waals surface area contributed by atoms with Gasteiger partial charge >= 0.3 is 0 Å². The molecule has 1 aromatic heterocycles. The Labute approximate surface area is 117 Å². The molecule has 3 rings (SSSR count). The van der Waals surface area contributed by atoms with Gasteiger partial charge in [-0.1, -0.05) is 36.4 Å². The highest BCUT2D eigenvalue weighted by Crippen LogP contribution is 2.47. The van der Waals surface area contributed by atoms with Gasteiger partial charge < -0.3 is 0 Å². The molecular formula is C16H15N3O. The number of benzene rings is 1. The number of pyridine rings is 1. The lowest BCUT2D eigenvalue weighted by atomic mass is 10.1. The van der Waals surface area contributed by atoms with Gasteiger partial charge in [-0.05, 0) is 24.0 Å². The summed E-state index contributed by atoms with van der Waals surface area (Å²) in [6, 6.07) is 13.8. The minimum absolute atomic E-state index is 0.0148. The van der Waals surface area contributed by atoms with Crippen LogP contribution in [0.3, 0.4) is 0 Å². The Morgan fingerprint density at radius 1 is 1.25 bits per heavy atom. The smallest absolute Gasteiger partial charge is 0.243 e. The van der Waals surface area contributed by atoms with Gasteiger partial charge in [0, 0.05) is 23.9 Å². The number of amides is 1. The summed E-state index contributed by atoms with van der Waals surface area (Å²) in [5, 5.41) is 3.97. The molecule has 4 nitrogen and oxygen atoms in total. The van der Waals surface area contributed by atoms with E-state index in [4.69, 9.17) is 0 Å². The Hall–Kier alpha value is -2.49. The molecule has 2 atom stereocenters. The number of hydrogen-bond acceptors (Lipinski definition) is 3. The minimum atomic E-state index is -0.0148. The second kappa shape index (κ2) is 5.65. The van der Waals surface area contributed by atoms with E-state index in [1.165, 1.54) is 5.56 Å². The van der Waals surface area contributed by atoms with Crippen molar-refractivity contribution in [3.05, 3.63) is 66.0 Å². The number of hydrogen-bond donors (Lipinski definition) is 1. The topological polar surface area (TPSA) is 54.4 Å². The molecule has 1 amide bonds. The van der Waals surface area contributed by atoms with Gasteiger partial charge in [-0.25, -0.2) is 5.43 Å². The van der Waals surface area contributed by atoms with Crippen LogP contribution in [0.15, 0.2) is 60.0 Å². The third kappa shape index (κ3) is 2.91. The van der Waals surface area contributed by atoms with Gasteiger partial charge in [-0.3, -0.25) is 9.78 Å². The van der Waals surface area contributed by atoms with Crippen LogP contribution in [0.5, 0.6) is 0 Å². The summed E-state index contributed by atoms with van der Waals surface area (Å²) in [6.07, 6.45) is 5.90. The molecule has 1 fully saturated rings. The van der Waals surface area contributed by atoms with Crippen LogP contribution in [0.25, 0.3) is 0 Å². The molecule has 0 bridgehead atoms. The van der Waals surface area contributed by atoms with E-state index in [1.54, 1.807) is 18.6 Å². The zero-order valence-electron chi connectivity index (χ0n) is 10.9. The SMILES string of the molecule is O=C(N/N=C\c1cccnc1)[C@@H]1C[C@H]1c1ccccc1. The van der Waals surface area contributed by atoms with Gasteiger partial charge in [0.15, 0.2) is 0 Å². The first-order chi connectivity index (χ1) is 9.84. The second-order valence-electron chi connectivity index (χ2n) is 4.88. The molecule has 0 aliphatic heterocycles. The summed E-state index contributed by atoms with van der Waals surface area (Å²) in [7, 11) is 0. The van der Waals surface area contributed by atoms with Gasteiger partial charge in [0.1, 0.15) is 0 Å². The van der Waals surface area contributed by atoms with Crippen LogP contribution in [0.4, 0.5) is 0 Å². The monoisotopic (exact) mass is 265 g/mol. The Balaban J connectivity index is 1.53. The fraction of sp³-hybridized carbons (Fsp3) is 0.188. The summed E-state index contributed by atoms with van der Waals surface area (Å²) in [5.74, 6) is 0.368. The van der Waals surface area contributed by atoms with Crippen molar-refractivity contribution in [1.82, 2.24) is 10.4 Å². The van der Waals surface area contributed by atoms with E-state index < -0.39 is 0 Å². The van der Waals surface area contributed by atoms with Gasteiger partial charge in [0.05, 0.1) is 6.21 Å². The van der Waals surface area contributed by atoms with Gasteiger partial charge in [-0.2, -0.15) is 5.10 Å². The van der Waals surface area contributed by atoms with E-state index in [9.17, 15) is 4.79 Å². The number of nitrogens with one attached hydrogen (secondary N) is 1. The number of carbonyl (C=O) groups excluding carboxylic acids is 1. The average molecular weight is 265 g/mol. The molecular weight excluding hydrogens is 250 g/mol. The normalized spacial score (nSPS) is 20.8. The fourth-order valence-electron chi connectivity index (χ4n) is 2.26. The maximum atomic E-state index is 11.9. The van der Waals surface area contributed by atoms with E-state index in [0.717, 1.165) is 12.0 Å². The van der Waals surface area contributed by atoms with Crippen LogP contribution in [-0.2, 0) is 4.79 Å². The molecule has 1 aliphatic rings. The van der Waals surface area contributed by atoms with Crippen molar-refractivity contribution in [3.63, 3.8) is 0 Å². The summed E-state index contributed by atoms with van der Waals surface area (Å²) in [6.45, 7) is 0. The van der Waals surface area contributed by atoms with Crippen LogP contribution >= 0.6 is 0 Å². The van der Waals surface area contributed by atoms with Gasteiger partial charge in [0.2, 0.25) is 5.91 Å². The number of rotatable bonds is 4. The molecule has 2 aromatic rings. The summed E-state index contributed by atoms with van der Waals surface area (Å²) < 4.78 is 0. The molecule has 1 heterocycles. The van der Waals surface area contributed by atoms with E-state index in [0.29, 0.717) is 5.92 Å². The molecule has 1 saturated carbocycles. The lowest BCUT2D eigenvalue weighted by Crippen LogP contribution is -2.20. The predicted molar refractivity (Wildman–Crippen MR) is 77.3 cm³/mol. The Morgan fingerprint density at radius 3 is 2.85 bits per heavy atom. The lowest BCUT2D eigenvalue weighted by Gasteiger charge is -1.99. The van der Waals surface area contributed by atoms with Crippen molar-refractivity contribution in [3.8, 4) is 0 Å². The Kier molecular flexibility index (Phi) is 3.54. The zero-order valence-corrected chi connectivity index (χ0v) is 10.9. The number of carbonyl (C=O) groups is 1. The standard InChI is InChI=1S/C16H15N3O/c20-16(19-18-11-12-5-4-8-17-10-12)15-9-14(15)13-6-2-1-3-7-13/h1-8,10-11,14-15H,9H2,(H,19,20)/b18-11-/t14-,15+/m0/s1. The zero-order chi connectivity index (χ0) is 13.8. The van der Waals surface area contributed by atoms with E-state index in [2.05, 4.69) is 27.6 Å². The molecule has 0 spiro atoms. The fourth-order valence-corrected chi connectivity index (χ4v) is 2.26. The maximum absolute atomic E-state index is 11.9. The van der Waals surface area contributed by atoms with Crippen LogP contribution in [0.2, 0.25) is 0 Å². The first-order valence-electron chi connectivity index (χ1n) is 6.62. The highest BCUT2D eigenvalue weighted by Gasteiger charge is 2.43. The first-order valence-corrected chi connectivity index (χ1v) is 6.62.